The van der Waals surface area contributed by atoms with Gasteiger partial charge in [0.1, 0.15) is 0 Å². The van der Waals surface area contributed by atoms with Crippen LogP contribution in [-0.2, 0) is 6.18 Å². The fourth-order valence-electron chi connectivity index (χ4n) is 2.09. The number of para-hydroxylation sites is 1. The van der Waals surface area contributed by atoms with Crippen molar-refractivity contribution in [1.29, 1.82) is 0 Å². The molecule has 3 nitrogen and oxygen atoms in total. The summed E-state index contributed by atoms with van der Waals surface area (Å²) in [4.78, 5) is 16.3. The third kappa shape index (κ3) is 4.17. The van der Waals surface area contributed by atoms with Crippen molar-refractivity contribution in [1.82, 2.24) is 10.3 Å². The summed E-state index contributed by atoms with van der Waals surface area (Å²) in [5.74, 6) is 4.89. The van der Waals surface area contributed by atoms with Crippen LogP contribution >= 0.6 is 11.3 Å². The van der Waals surface area contributed by atoms with E-state index in [0.29, 0.717) is 5.01 Å². The number of carbonyl (C=O) groups is 1. The molecule has 0 aliphatic rings. The molecule has 0 radical (unpaired) electrons. The topological polar surface area (TPSA) is 42.0 Å². The Hall–Kier alpha value is -2.85. The zero-order valence-electron chi connectivity index (χ0n) is 12.7. The van der Waals surface area contributed by atoms with Gasteiger partial charge in [-0.15, -0.1) is 11.3 Å². The lowest BCUT2D eigenvalue weighted by atomic mass is 10.1. The standard InChI is InChI=1S/C18H11F3N2OS/c19-18(20,21)13-7-3-5-12(11-13)6-4-10-22-16(24)17-23-14-8-1-2-9-15(14)25-17/h1-3,5,7-9,11H,10H2,(H,22,24). The van der Waals surface area contributed by atoms with E-state index in [-0.39, 0.29) is 18.0 Å². The molecule has 3 rings (SSSR count). The number of hydrogen-bond acceptors (Lipinski definition) is 3. The Morgan fingerprint density at radius 3 is 2.72 bits per heavy atom. The number of nitrogens with zero attached hydrogens (tertiary/aromatic N) is 1. The maximum Gasteiger partial charge on any atom is 0.416 e. The molecule has 0 bridgehead atoms. The second-order valence-corrected chi connectivity index (χ2v) is 6.08. The number of rotatable bonds is 2. The van der Waals surface area contributed by atoms with Gasteiger partial charge in [0.2, 0.25) is 0 Å². The van der Waals surface area contributed by atoms with Gasteiger partial charge in [0.15, 0.2) is 5.01 Å². The van der Waals surface area contributed by atoms with Crippen LogP contribution < -0.4 is 5.32 Å². The molecule has 0 aliphatic heterocycles. The summed E-state index contributed by atoms with van der Waals surface area (Å²) in [5.41, 5.74) is 0.231. The number of alkyl halides is 3. The zero-order chi connectivity index (χ0) is 17.9. The predicted molar refractivity (Wildman–Crippen MR) is 90.3 cm³/mol. The highest BCUT2D eigenvalue weighted by Gasteiger charge is 2.30. The molecule has 0 unspecified atom stereocenters. The van der Waals surface area contributed by atoms with Gasteiger partial charge >= 0.3 is 6.18 Å². The Morgan fingerprint density at radius 2 is 1.96 bits per heavy atom. The molecule has 1 amide bonds. The van der Waals surface area contributed by atoms with Gasteiger partial charge in [-0.2, -0.15) is 13.2 Å². The minimum atomic E-state index is -4.40. The quantitative estimate of drug-likeness (QED) is 0.699. The Balaban J connectivity index is 1.63. The molecule has 0 atom stereocenters. The summed E-state index contributed by atoms with van der Waals surface area (Å²) in [6, 6.07) is 12.1. The van der Waals surface area contributed by atoms with Gasteiger partial charge in [-0.25, -0.2) is 4.98 Å². The molecule has 3 aromatic rings. The van der Waals surface area contributed by atoms with E-state index in [2.05, 4.69) is 22.1 Å². The molecule has 1 N–H and O–H groups in total. The number of carbonyl (C=O) groups excluding carboxylic acids is 1. The Bertz CT molecular complexity index is 950. The monoisotopic (exact) mass is 360 g/mol. The summed E-state index contributed by atoms with van der Waals surface area (Å²) < 4.78 is 38.8. The highest BCUT2D eigenvalue weighted by atomic mass is 32.1. The van der Waals surface area contributed by atoms with Crippen LogP contribution in [0.4, 0.5) is 13.2 Å². The second-order valence-electron chi connectivity index (χ2n) is 5.05. The molecule has 0 aliphatic carbocycles. The first kappa shape index (κ1) is 17.0. The fraction of sp³-hybridized carbons (Fsp3) is 0.111. The van der Waals surface area contributed by atoms with Crippen LogP contribution in [0, 0.1) is 11.8 Å². The van der Waals surface area contributed by atoms with Crippen LogP contribution in [0.3, 0.4) is 0 Å². The molecule has 25 heavy (non-hydrogen) atoms. The van der Waals surface area contributed by atoms with E-state index in [9.17, 15) is 18.0 Å². The van der Waals surface area contributed by atoms with E-state index in [1.807, 2.05) is 24.3 Å². The Kier molecular flexibility index (Phi) is 4.72. The number of aromatic nitrogens is 1. The van der Waals surface area contributed by atoms with E-state index in [0.717, 1.165) is 22.3 Å². The summed E-state index contributed by atoms with van der Waals surface area (Å²) in [6.07, 6.45) is -4.40. The molecule has 0 fully saturated rings. The number of thiazole rings is 1. The lowest BCUT2D eigenvalue weighted by molar-refractivity contribution is -0.137. The number of benzene rings is 2. The molecule has 126 valence electrons. The third-order valence-electron chi connectivity index (χ3n) is 3.25. The van der Waals surface area contributed by atoms with Crippen molar-refractivity contribution in [3.8, 4) is 11.8 Å². The lowest BCUT2D eigenvalue weighted by Gasteiger charge is -2.05. The summed E-state index contributed by atoms with van der Waals surface area (Å²) >= 11 is 1.27. The van der Waals surface area contributed by atoms with Crippen molar-refractivity contribution in [3.63, 3.8) is 0 Å². The van der Waals surface area contributed by atoms with E-state index < -0.39 is 11.7 Å². The first-order valence-corrected chi connectivity index (χ1v) is 8.05. The van der Waals surface area contributed by atoms with Crippen LogP contribution in [0.5, 0.6) is 0 Å². The molecular formula is C18H11F3N2OS. The smallest absolute Gasteiger partial charge is 0.339 e. The van der Waals surface area contributed by atoms with Crippen molar-refractivity contribution in [3.05, 3.63) is 64.7 Å². The minimum absolute atomic E-state index is 0.0189. The van der Waals surface area contributed by atoms with Crippen molar-refractivity contribution >= 4 is 27.5 Å². The summed E-state index contributed by atoms with van der Waals surface area (Å²) in [5, 5.41) is 2.91. The third-order valence-corrected chi connectivity index (χ3v) is 4.28. The van der Waals surface area contributed by atoms with Crippen molar-refractivity contribution < 1.29 is 18.0 Å². The normalized spacial score (nSPS) is 11.0. The summed E-state index contributed by atoms with van der Waals surface area (Å²) in [7, 11) is 0. The maximum atomic E-state index is 12.6. The van der Waals surface area contributed by atoms with Gasteiger partial charge in [0, 0.05) is 5.56 Å². The van der Waals surface area contributed by atoms with Crippen molar-refractivity contribution in [2.45, 2.75) is 6.18 Å². The van der Waals surface area contributed by atoms with Gasteiger partial charge in [0.05, 0.1) is 22.3 Å². The molecule has 1 aromatic heterocycles. The molecule has 2 aromatic carbocycles. The molecule has 0 saturated carbocycles. The number of fused-ring (bicyclic) bond motifs is 1. The van der Waals surface area contributed by atoms with E-state index in [1.54, 1.807) is 0 Å². The number of halogens is 3. The fourth-order valence-corrected chi connectivity index (χ4v) is 2.97. The zero-order valence-corrected chi connectivity index (χ0v) is 13.5. The highest BCUT2D eigenvalue weighted by molar-refractivity contribution is 7.20. The van der Waals surface area contributed by atoms with Crippen LogP contribution in [0.15, 0.2) is 48.5 Å². The van der Waals surface area contributed by atoms with Gasteiger partial charge < -0.3 is 5.32 Å². The van der Waals surface area contributed by atoms with Gasteiger partial charge in [-0.3, -0.25) is 4.79 Å². The number of nitrogens with one attached hydrogen (secondary N) is 1. The first-order chi connectivity index (χ1) is 11.9. The van der Waals surface area contributed by atoms with Crippen LogP contribution in [-0.4, -0.2) is 17.4 Å². The van der Waals surface area contributed by atoms with Gasteiger partial charge in [-0.1, -0.05) is 30.0 Å². The Morgan fingerprint density at radius 1 is 1.16 bits per heavy atom. The highest BCUT2D eigenvalue weighted by Crippen LogP contribution is 2.29. The largest absolute Gasteiger partial charge is 0.416 e. The number of hydrogen-bond donors (Lipinski definition) is 1. The van der Waals surface area contributed by atoms with E-state index >= 15 is 0 Å². The van der Waals surface area contributed by atoms with Crippen molar-refractivity contribution in [2.75, 3.05) is 6.54 Å². The van der Waals surface area contributed by atoms with Crippen molar-refractivity contribution in [2.24, 2.45) is 0 Å². The molecule has 1 heterocycles. The summed E-state index contributed by atoms with van der Waals surface area (Å²) in [6.45, 7) is 0.0189. The van der Waals surface area contributed by atoms with E-state index in [1.165, 1.54) is 23.5 Å². The molecule has 0 spiro atoms. The average molecular weight is 360 g/mol. The second kappa shape index (κ2) is 6.95. The van der Waals surface area contributed by atoms with Gasteiger partial charge in [-0.05, 0) is 30.3 Å². The average Bonchev–Trinajstić information content (AvgIpc) is 3.02. The molecular weight excluding hydrogens is 349 g/mol. The molecule has 0 saturated heterocycles. The lowest BCUT2D eigenvalue weighted by Crippen LogP contribution is -2.23. The predicted octanol–water partition coefficient (Wildman–Crippen LogP) is 4.10. The maximum absolute atomic E-state index is 12.6. The first-order valence-electron chi connectivity index (χ1n) is 7.23. The van der Waals surface area contributed by atoms with E-state index in [4.69, 9.17) is 0 Å². The van der Waals surface area contributed by atoms with Gasteiger partial charge in [0.25, 0.3) is 5.91 Å². The van der Waals surface area contributed by atoms with Crippen LogP contribution in [0.2, 0.25) is 0 Å². The minimum Gasteiger partial charge on any atom is -0.339 e. The van der Waals surface area contributed by atoms with Crippen LogP contribution in [0.1, 0.15) is 20.9 Å². The number of amides is 1. The van der Waals surface area contributed by atoms with Crippen LogP contribution in [0.25, 0.3) is 10.2 Å². The Labute approximate surface area is 145 Å². The SMILES string of the molecule is O=C(NCC#Cc1cccc(C(F)(F)F)c1)c1nc2ccccc2s1. The molecule has 7 heteroatoms.